The first kappa shape index (κ1) is 23.0. The summed E-state index contributed by atoms with van der Waals surface area (Å²) in [5, 5.41) is 43.9. The number of aliphatic hydroxyl groups is 3. The molecule has 3 aliphatic carbocycles. The summed E-state index contributed by atoms with van der Waals surface area (Å²) in [6, 6.07) is 3.05. The van der Waals surface area contributed by atoms with Gasteiger partial charge in [0.25, 0.3) is 5.91 Å². The number of benzene rings is 1. The molecule has 1 amide bonds. The average Bonchev–Trinajstić information content (AvgIpc) is 2.72. The Labute approximate surface area is 190 Å². The largest absolute Gasteiger partial charge is 0.508 e. The molecule has 33 heavy (non-hydrogen) atoms. The number of fused-ring (bicyclic) bond motifs is 3. The number of phenols is 1. The minimum atomic E-state index is -2.59. The number of aromatic hydroxyl groups is 1. The molecule has 0 aliphatic heterocycles. The first-order valence-corrected chi connectivity index (χ1v) is 10.8. The van der Waals surface area contributed by atoms with E-state index in [1.807, 2.05) is 0 Å². The zero-order chi connectivity index (χ0) is 24.4. The molecular formula is C24H27NO8. The molecule has 0 bridgehead atoms. The van der Waals surface area contributed by atoms with Gasteiger partial charge < -0.3 is 30.9 Å². The van der Waals surface area contributed by atoms with Crippen LogP contribution in [0.2, 0.25) is 0 Å². The smallest absolute Gasteiger partial charge is 0.255 e. The highest BCUT2D eigenvalue weighted by Gasteiger charge is 2.64. The predicted octanol–water partition coefficient (Wildman–Crippen LogP) is 1.45. The van der Waals surface area contributed by atoms with Gasteiger partial charge in [0.1, 0.15) is 22.8 Å². The number of ketones is 2. The topological polar surface area (TPSA) is 167 Å². The van der Waals surface area contributed by atoms with Crippen molar-refractivity contribution in [3.8, 4) is 5.75 Å². The minimum Gasteiger partial charge on any atom is -0.508 e. The van der Waals surface area contributed by atoms with E-state index in [4.69, 9.17) is 10.5 Å². The average molecular weight is 457 g/mol. The summed E-state index contributed by atoms with van der Waals surface area (Å²) < 4.78 is 5.23. The van der Waals surface area contributed by atoms with Crippen LogP contribution in [0.3, 0.4) is 0 Å². The van der Waals surface area contributed by atoms with Crippen molar-refractivity contribution in [3.05, 3.63) is 45.7 Å². The van der Waals surface area contributed by atoms with E-state index >= 15 is 0 Å². The molecule has 9 nitrogen and oxygen atoms in total. The Morgan fingerprint density at radius 2 is 1.91 bits per heavy atom. The fourth-order valence-corrected chi connectivity index (χ4v) is 5.84. The Kier molecular flexibility index (Phi) is 5.37. The van der Waals surface area contributed by atoms with Crippen molar-refractivity contribution in [2.75, 3.05) is 7.11 Å². The maximum absolute atomic E-state index is 13.7. The van der Waals surface area contributed by atoms with Crippen molar-refractivity contribution in [2.24, 2.45) is 29.4 Å². The van der Waals surface area contributed by atoms with E-state index in [1.165, 1.54) is 13.2 Å². The second kappa shape index (κ2) is 7.71. The number of Topliss-reactive ketones (excluding diaryl/α,β-unsaturated/α-hetero) is 2. The van der Waals surface area contributed by atoms with E-state index in [-0.39, 0.29) is 42.3 Å². The van der Waals surface area contributed by atoms with Gasteiger partial charge in [0.2, 0.25) is 5.78 Å². The highest BCUT2D eigenvalue weighted by molar-refractivity contribution is 6.23. The van der Waals surface area contributed by atoms with Crippen molar-refractivity contribution >= 4 is 23.2 Å². The number of primary amides is 1. The number of rotatable bonds is 4. The van der Waals surface area contributed by atoms with Crippen molar-refractivity contribution in [1.82, 2.24) is 0 Å². The van der Waals surface area contributed by atoms with Crippen LogP contribution in [-0.2, 0) is 32.1 Å². The number of amides is 1. The van der Waals surface area contributed by atoms with Crippen molar-refractivity contribution in [3.63, 3.8) is 0 Å². The molecule has 0 radical (unpaired) electrons. The molecule has 1 saturated carbocycles. The molecule has 0 saturated heterocycles. The fourth-order valence-electron chi connectivity index (χ4n) is 5.84. The number of nitrogens with two attached hydrogens (primary N) is 1. The second-order valence-electron chi connectivity index (χ2n) is 9.35. The molecule has 0 unspecified atom stereocenters. The number of hydrogen-bond acceptors (Lipinski definition) is 8. The molecule has 3 aliphatic rings. The summed E-state index contributed by atoms with van der Waals surface area (Å²) in [7, 11) is 1.51. The number of ether oxygens (including phenoxy) is 1. The SMILES string of the molecule is COCc1ccc(O)c2c1C[C@H]1C[C@H]3[C@H](C(C)C)C(=O)C(C(N)=O)=C(O)[C@@]3(O)C(=O)C1=C2O. The first-order chi connectivity index (χ1) is 15.5. The molecule has 1 fully saturated rings. The normalized spacial score (nSPS) is 29.2. The monoisotopic (exact) mass is 457 g/mol. The molecular weight excluding hydrogens is 430 g/mol. The highest BCUT2D eigenvalue weighted by atomic mass is 16.5. The fraction of sp³-hybridized carbons (Fsp3) is 0.458. The van der Waals surface area contributed by atoms with E-state index in [9.17, 15) is 34.8 Å². The van der Waals surface area contributed by atoms with E-state index in [1.54, 1.807) is 19.9 Å². The molecule has 1 aromatic carbocycles. The van der Waals surface area contributed by atoms with Crippen molar-refractivity contribution in [2.45, 2.75) is 38.9 Å². The van der Waals surface area contributed by atoms with Gasteiger partial charge in [0, 0.05) is 24.5 Å². The molecule has 9 heteroatoms. The molecule has 4 rings (SSSR count). The maximum Gasteiger partial charge on any atom is 0.255 e. The van der Waals surface area contributed by atoms with Crippen LogP contribution >= 0.6 is 0 Å². The van der Waals surface area contributed by atoms with Crippen molar-refractivity contribution in [1.29, 1.82) is 0 Å². The molecule has 0 heterocycles. The lowest BCUT2D eigenvalue weighted by Crippen LogP contribution is -2.62. The number of aliphatic hydroxyl groups excluding tert-OH is 2. The van der Waals surface area contributed by atoms with Crippen LogP contribution in [0, 0.1) is 23.7 Å². The summed E-state index contributed by atoms with van der Waals surface area (Å²) >= 11 is 0. The summed E-state index contributed by atoms with van der Waals surface area (Å²) in [5.74, 6) is -7.67. The van der Waals surface area contributed by atoms with Gasteiger partial charge >= 0.3 is 0 Å². The lowest BCUT2D eigenvalue weighted by atomic mass is 9.54. The Morgan fingerprint density at radius 1 is 1.24 bits per heavy atom. The summed E-state index contributed by atoms with van der Waals surface area (Å²) in [6.45, 7) is 3.67. The van der Waals surface area contributed by atoms with E-state index in [0.29, 0.717) is 5.56 Å². The Balaban J connectivity index is 1.97. The number of phenolic OH excluding ortho intramolecular Hbond substituents is 1. The van der Waals surface area contributed by atoms with Gasteiger partial charge in [-0.3, -0.25) is 14.4 Å². The van der Waals surface area contributed by atoms with Crippen LogP contribution in [0.25, 0.3) is 5.76 Å². The molecule has 4 atom stereocenters. The minimum absolute atomic E-state index is 0.0667. The van der Waals surface area contributed by atoms with Gasteiger partial charge in [-0.15, -0.1) is 0 Å². The summed E-state index contributed by atoms with van der Waals surface area (Å²) in [5.41, 5.74) is 3.18. The van der Waals surface area contributed by atoms with Crippen LogP contribution in [0.5, 0.6) is 5.75 Å². The Morgan fingerprint density at radius 3 is 2.48 bits per heavy atom. The zero-order valence-electron chi connectivity index (χ0n) is 18.6. The Bertz CT molecular complexity index is 1150. The molecule has 6 N–H and O–H groups in total. The molecule has 176 valence electrons. The molecule has 1 aromatic rings. The maximum atomic E-state index is 13.7. The van der Waals surface area contributed by atoms with Gasteiger partial charge in [-0.1, -0.05) is 19.9 Å². The van der Waals surface area contributed by atoms with E-state index < -0.39 is 57.9 Å². The summed E-state index contributed by atoms with van der Waals surface area (Å²) in [6.07, 6.45) is 0.347. The van der Waals surface area contributed by atoms with Crippen LogP contribution in [0.15, 0.2) is 29.0 Å². The summed E-state index contributed by atoms with van der Waals surface area (Å²) in [4.78, 5) is 38.7. The van der Waals surface area contributed by atoms with Gasteiger partial charge in [-0.2, -0.15) is 0 Å². The standard InChI is InChI=1S/C24H27NO8/c1-9(2)15-13-7-11-6-12-10(8-33-3)4-5-14(26)17(12)20(28)16(11)21(29)24(13,32)22(30)18(19(15)27)23(25)31/h4-5,9,11,13,15,26,28,30,32H,6-8H2,1-3H3,(H2,25,31)/t11-,13-,15-,24-/m0/s1. The predicted molar refractivity (Wildman–Crippen MR) is 116 cm³/mol. The van der Waals surface area contributed by atoms with Gasteiger partial charge in [-0.25, -0.2) is 0 Å². The number of carbonyl (C=O) groups excluding carboxylic acids is 3. The van der Waals surface area contributed by atoms with Crippen LogP contribution in [0.4, 0.5) is 0 Å². The number of hydrogen-bond donors (Lipinski definition) is 5. The van der Waals surface area contributed by atoms with E-state index in [0.717, 1.165) is 5.56 Å². The molecule has 0 spiro atoms. The third kappa shape index (κ3) is 3.02. The third-order valence-corrected chi connectivity index (χ3v) is 7.25. The number of carbonyl (C=O) groups is 3. The van der Waals surface area contributed by atoms with Crippen LogP contribution in [-0.4, -0.2) is 50.6 Å². The van der Waals surface area contributed by atoms with Crippen molar-refractivity contribution < 1.29 is 39.5 Å². The molecule has 0 aromatic heterocycles. The first-order valence-electron chi connectivity index (χ1n) is 10.8. The second-order valence-corrected chi connectivity index (χ2v) is 9.35. The quantitative estimate of drug-likeness (QED) is 0.423. The van der Waals surface area contributed by atoms with Gasteiger partial charge in [0.15, 0.2) is 11.4 Å². The van der Waals surface area contributed by atoms with Gasteiger partial charge in [0.05, 0.1) is 12.2 Å². The zero-order valence-corrected chi connectivity index (χ0v) is 18.6. The Hall–Kier alpha value is -3.17. The van der Waals surface area contributed by atoms with Crippen LogP contribution < -0.4 is 5.73 Å². The van der Waals surface area contributed by atoms with Gasteiger partial charge in [-0.05, 0) is 41.9 Å². The highest BCUT2D eigenvalue weighted by Crippen LogP contribution is 2.54. The lowest BCUT2D eigenvalue weighted by molar-refractivity contribution is -0.155. The number of methoxy groups -OCH3 is 1. The van der Waals surface area contributed by atoms with E-state index in [2.05, 4.69) is 0 Å². The van der Waals surface area contributed by atoms with Crippen LogP contribution in [0.1, 0.15) is 37.0 Å². The lowest BCUT2D eigenvalue weighted by Gasteiger charge is -2.50. The third-order valence-electron chi connectivity index (χ3n) is 7.25.